The first kappa shape index (κ1) is 20.4. The Labute approximate surface area is 175 Å². The summed E-state index contributed by atoms with van der Waals surface area (Å²) in [6.07, 6.45) is 4.15. The summed E-state index contributed by atoms with van der Waals surface area (Å²) in [6.45, 7) is 2.03. The van der Waals surface area contributed by atoms with Gasteiger partial charge < -0.3 is 26.2 Å². The molecule has 0 radical (unpaired) electrons. The van der Waals surface area contributed by atoms with Crippen LogP contribution in [0.3, 0.4) is 0 Å². The molecule has 2 aromatic rings. The normalized spacial score (nSPS) is 25.5. The molecule has 1 amide bonds. The summed E-state index contributed by atoms with van der Waals surface area (Å²) in [5.74, 6) is 0. The minimum Gasteiger partial charge on any atom is -1.00 e. The molecule has 6 heteroatoms. The zero-order valence-electron chi connectivity index (χ0n) is 16.1. The van der Waals surface area contributed by atoms with Crippen LogP contribution in [-0.4, -0.2) is 42.9 Å². The lowest BCUT2D eigenvalue weighted by Gasteiger charge is -2.43. The monoisotopic (exact) mass is 450 g/mol. The summed E-state index contributed by atoms with van der Waals surface area (Å²) in [7, 11) is 4.64. The Morgan fingerprint density at radius 2 is 1.89 bits per heavy atom. The van der Waals surface area contributed by atoms with Crippen molar-refractivity contribution in [2.45, 2.75) is 50.8 Å². The maximum atomic E-state index is 12.6. The standard InChI is InChI=1S/C21H26N2O2S.BrH/c1-14-4-7-19(15-8-9-26-13-15)20(10-14)22-21(24)25-18-11-16-5-6-17(12-18)23(16,2)3;/h4,7-10,13,16-18H,5-6,11-12H2,1-3H3;1H/t16-,17+,18+;. The first-order chi connectivity index (χ1) is 12.4. The van der Waals surface area contributed by atoms with Gasteiger partial charge in [0.25, 0.3) is 0 Å². The number of nitrogens with one attached hydrogen (secondary N) is 1. The molecule has 2 bridgehead atoms. The molecule has 1 N–H and O–H groups in total. The molecule has 1 aromatic carbocycles. The topological polar surface area (TPSA) is 38.3 Å². The van der Waals surface area contributed by atoms with E-state index in [-0.39, 0.29) is 29.2 Å². The van der Waals surface area contributed by atoms with Crippen LogP contribution in [0.1, 0.15) is 31.2 Å². The number of anilines is 1. The molecule has 3 heterocycles. The van der Waals surface area contributed by atoms with Gasteiger partial charge in [0.15, 0.2) is 0 Å². The lowest BCUT2D eigenvalue weighted by molar-refractivity contribution is -0.931. The molecule has 146 valence electrons. The number of aryl methyl sites for hydroxylation is 1. The van der Waals surface area contributed by atoms with Gasteiger partial charge in [0.05, 0.1) is 31.9 Å². The summed E-state index contributed by atoms with van der Waals surface area (Å²) in [4.78, 5) is 12.6. The Hall–Kier alpha value is -1.37. The fourth-order valence-electron chi connectivity index (χ4n) is 4.65. The molecule has 3 atom stereocenters. The lowest BCUT2D eigenvalue weighted by atomic mass is 9.98. The van der Waals surface area contributed by atoms with E-state index in [4.69, 9.17) is 4.74 Å². The fraction of sp³-hybridized carbons (Fsp3) is 0.476. The second kappa shape index (κ2) is 7.94. The highest BCUT2D eigenvalue weighted by atomic mass is 79.9. The predicted molar refractivity (Wildman–Crippen MR) is 107 cm³/mol. The number of piperidine rings is 1. The van der Waals surface area contributed by atoms with Crippen LogP contribution < -0.4 is 22.3 Å². The second-order valence-corrected chi connectivity index (χ2v) is 8.98. The van der Waals surface area contributed by atoms with Crippen LogP contribution in [0.4, 0.5) is 10.5 Å². The molecular weight excluding hydrogens is 424 g/mol. The summed E-state index contributed by atoms with van der Waals surface area (Å²) < 4.78 is 6.91. The van der Waals surface area contributed by atoms with Crippen molar-refractivity contribution in [3.63, 3.8) is 0 Å². The third-order valence-corrected chi connectivity index (χ3v) is 6.99. The molecule has 2 saturated heterocycles. The first-order valence-corrected chi connectivity index (χ1v) is 10.3. The Morgan fingerprint density at radius 1 is 1.19 bits per heavy atom. The maximum Gasteiger partial charge on any atom is 0.411 e. The van der Waals surface area contributed by atoms with Crippen LogP contribution in [0.5, 0.6) is 0 Å². The molecule has 0 spiro atoms. The van der Waals surface area contributed by atoms with E-state index in [2.05, 4.69) is 48.4 Å². The average Bonchev–Trinajstić information content (AvgIpc) is 3.11. The SMILES string of the molecule is Cc1ccc(-c2ccsc2)c(NC(=O)O[C@H]2C[C@H]3CC[C@@H](C2)[N+]3(C)C)c1.[Br-]. The van der Waals surface area contributed by atoms with E-state index in [1.165, 1.54) is 12.8 Å². The van der Waals surface area contributed by atoms with Gasteiger partial charge in [0, 0.05) is 31.2 Å². The summed E-state index contributed by atoms with van der Waals surface area (Å²) in [5.41, 5.74) is 4.10. The number of carbonyl (C=O) groups is 1. The number of hydrogen-bond acceptors (Lipinski definition) is 3. The highest BCUT2D eigenvalue weighted by Gasteiger charge is 2.49. The molecule has 27 heavy (non-hydrogen) atoms. The molecule has 0 saturated carbocycles. The number of benzene rings is 1. The maximum absolute atomic E-state index is 12.6. The Morgan fingerprint density at radius 3 is 2.52 bits per heavy atom. The molecule has 4 rings (SSSR count). The van der Waals surface area contributed by atoms with Crippen LogP contribution in [0.25, 0.3) is 11.1 Å². The average molecular weight is 451 g/mol. The van der Waals surface area contributed by atoms with Gasteiger partial charge in [0.1, 0.15) is 6.10 Å². The van der Waals surface area contributed by atoms with Gasteiger partial charge in [-0.2, -0.15) is 11.3 Å². The number of fused-ring (bicyclic) bond motifs is 2. The molecule has 2 aliphatic rings. The smallest absolute Gasteiger partial charge is 0.411 e. The molecular formula is C21H27BrN2O2S. The number of nitrogens with zero attached hydrogens (tertiary/aromatic N) is 1. The van der Waals surface area contributed by atoms with Crippen molar-refractivity contribution in [3.8, 4) is 11.1 Å². The fourth-order valence-corrected chi connectivity index (χ4v) is 5.30. The van der Waals surface area contributed by atoms with Crippen LogP contribution in [-0.2, 0) is 4.74 Å². The highest BCUT2D eigenvalue weighted by Crippen LogP contribution is 2.40. The second-order valence-electron chi connectivity index (χ2n) is 8.20. The van der Waals surface area contributed by atoms with E-state index in [9.17, 15) is 4.79 Å². The predicted octanol–water partition coefficient (Wildman–Crippen LogP) is 2.05. The molecule has 4 nitrogen and oxygen atoms in total. The van der Waals surface area contributed by atoms with Gasteiger partial charge in [-0.05, 0) is 40.9 Å². The third-order valence-electron chi connectivity index (χ3n) is 6.30. The molecule has 0 aliphatic carbocycles. The quantitative estimate of drug-likeness (QED) is 0.726. The van der Waals surface area contributed by atoms with E-state index in [0.717, 1.165) is 39.7 Å². The number of rotatable bonds is 3. The molecule has 2 aliphatic heterocycles. The first-order valence-electron chi connectivity index (χ1n) is 9.37. The number of hydrogen-bond donors (Lipinski definition) is 1. The van der Waals surface area contributed by atoms with Gasteiger partial charge in [0.2, 0.25) is 0 Å². The van der Waals surface area contributed by atoms with Crippen LogP contribution in [0.15, 0.2) is 35.0 Å². The number of quaternary nitrogens is 1. The van der Waals surface area contributed by atoms with Crippen molar-refractivity contribution in [1.82, 2.24) is 0 Å². The van der Waals surface area contributed by atoms with E-state index < -0.39 is 0 Å². The van der Waals surface area contributed by atoms with Crippen LogP contribution >= 0.6 is 11.3 Å². The van der Waals surface area contributed by atoms with Crippen LogP contribution in [0, 0.1) is 6.92 Å². The van der Waals surface area contributed by atoms with E-state index in [1.807, 2.05) is 13.0 Å². The van der Waals surface area contributed by atoms with Gasteiger partial charge in [-0.15, -0.1) is 0 Å². The minimum atomic E-state index is -0.330. The van der Waals surface area contributed by atoms with Crippen molar-refractivity contribution in [3.05, 3.63) is 40.6 Å². The van der Waals surface area contributed by atoms with E-state index in [1.54, 1.807) is 11.3 Å². The summed E-state index contributed by atoms with van der Waals surface area (Å²) in [6, 6.07) is 9.46. The molecule has 0 unspecified atom stereocenters. The molecule has 1 aromatic heterocycles. The number of thiophene rings is 1. The van der Waals surface area contributed by atoms with Crippen molar-refractivity contribution < 1.29 is 31.0 Å². The van der Waals surface area contributed by atoms with Crippen LogP contribution in [0.2, 0.25) is 0 Å². The zero-order chi connectivity index (χ0) is 18.3. The van der Waals surface area contributed by atoms with Gasteiger partial charge >= 0.3 is 6.09 Å². The van der Waals surface area contributed by atoms with Gasteiger partial charge in [-0.3, -0.25) is 5.32 Å². The lowest BCUT2D eigenvalue weighted by Crippen LogP contribution is -3.00. The number of halogens is 1. The van der Waals surface area contributed by atoms with Gasteiger partial charge in [-0.1, -0.05) is 12.1 Å². The molecule has 2 fully saturated rings. The van der Waals surface area contributed by atoms with Crippen molar-refractivity contribution in [2.24, 2.45) is 0 Å². The number of carbonyl (C=O) groups excluding carboxylic acids is 1. The van der Waals surface area contributed by atoms with Gasteiger partial charge in [-0.25, -0.2) is 4.79 Å². The van der Waals surface area contributed by atoms with Crippen molar-refractivity contribution in [2.75, 3.05) is 19.4 Å². The Bertz CT molecular complexity index is 791. The Balaban J connectivity index is 0.00000210. The summed E-state index contributed by atoms with van der Waals surface area (Å²) in [5, 5.41) is 7.14. The number of ether oxygens (including phenoxy) is 1. The largest absolute Gasteiger partial charge is 1.00 e. The zero-order valence-corrected chi connectivity index (χ0v) is 18.5. The third kappa shape index (κ3) is 4.08. The van der Waals surface area contributed by atoms with Crippen molar-refractivity contribution >= 4 is 23.1 Å². The number of amides is 1. The Kier molecular flexibility index (Phi) is 5.99. The van der Waals surface area contributed by atoms with Crippen molar-refractivity contribution in [1.29, 1.82) is 0 Å². The van der Waals surface area contributed by atoms with E-state index >= 15 is 0 Å². The summed E-state index contributed by atoms with van der Waals surface area (Å²) >= 11 is 1.66. The highest BCUT2D eigenvalue weighted by molar-refractivity contribution is 7.08. The van der Waals surface area contributed by atoms with E-state index in [0.29, 0.717) is 12.1 Å². The minimum absolute atomic E-state index is 0.